The Morgan fingerprint density at radius 1 is 1.33 bits per heavy atom. The van der Waals surface area contributed by atoms with E-state index in [9.17, 15) is 5.11 Å². The molecule has 0 radical (unpaired) electrons. The molecule has 0 bridgehead atoms. The maximum Gasteiger partial charge on any atom is 0.160 e. The molecule has 3 heteroatoms. The molecule has 1 N–H and O–H groups in total. The first-order chi connectivity index (χ1) is 8.60. The van der Waals surface area contributed by atoms with Gasteiger partial charge in [0.05, 0.1) is 7.11 Å². The van der Waals surface area contributed by atoms with Crippen molar-refractivity contribution in [1.82, 2.24) is 4.90 Å². The summed E-state index contributed by atoms with van der Waals surface area (Å²) in [5.74, 6) is 1.46. The molecule has 0 aliphatic carbocycles. The molecule has 0 aliphatic heterocycles. The smallest absolute Gasteiger partial charge is 0.160 e. The largest absolute Gasteiger partial charge is 0.504 e. The first-order valence-electron chi connectivity index (χ1n) is 6.68. The second-order valence-corrected chi connectivity index (χ2v) is 4.85. The van der Waals surface area contributed by atoms with Crippen molar-refractivity contribution >= 4 is 0 Å². The number of rotatable bonds is 7. The molecule has 0 spiro atoms. The minimum Gasteiger partial charge on any atom is -0.504 e. The molecule has 102 valence electrons. The highest BCUT2D eigenvalue weighted by Crippen LogP contribution is 2.26. The second kappa shape index (κ2) is 7.27. The van der Waals surface area contributed by atoms with Gasteiger partial charge in [0, 0.05) is 13.1 Å². The van der Waals surface area contributed by atoms with Crippen LogP contribution in [-0.4, -0.2) is 30.2 Å². The zero-order valence-corrected chi connectivity index (χ0v) is 11.9. The molecular weight excluding hydrogens is 226 g/mol. The molecule has 0 heterocycles. The van der Waals surface area contributed by atoms with E-state index in [2.05, 4.69) is 25.7 Å². The maximum absolute atomic E-state index is 9.57. The fourth-order valence-electron chi connectivity index (χ4n) is 1.95. The van der Waals surface area contributed by atoms with Gasteiger partial charge in [-0.2, -0.15) is 0 Å². The summed E-state index contributed by atoms with van der Waals surface area (Å²) >= 11 is 0. The molecule has 0 aromatic heterocycles. The van der Waals surface area contributed by atoms with Gasteiger partial charge in [-0.25, -0.2) is 0 Å². The molecule has 1 aromatic carbocycles. The predicted octanol–water partition coefficient (Wildman–Crippen LogP) is 3.27. The number of methoxy groups -OCH3 is 1. The summed E-state index contributed by atoms with van der Waals surface area (Å²) in [6, 6.07) is 5.57. The van der Waals surface area contributed by atoms with Gasteiger partial charge >= 0.3 is 0 Å². The summed E-state index contributed by atoms with van der Waals surface area (Å²) in [6.45, 7) is 9.73. The average Bonchev–Trinajstić information content (AvgIpc) is 2.39. The van der Waals surface area contributed by atoms with Gasteiger partial charge in [0.1, 0.15) is 0 Å². The third kappa shape index (κ3) is 4.22. The summed E-state index contributed by atoms with van der Waals surface area (Å²) in [4.78, 5) is 2.42. The van der Waals surface area contributed by atoms with E-state index >= 15 is 0 Å². The summed E-state index contributed by atoms with van der Waals surface area (Å²) in [5.41, 5.74) is 1.18. The Morgan fingerprint density at radius 2 is 2.06 bits per heavy atom. The van der Waals surface area contributed by atoms with Crippen molar-refractivity contribution in [1.29, 1.82) is 0 Å². The van der Waals surface area contributed by atoms with Gasteiger partial charge < -0.3 is 9.84 Å². The van der Waals surface area contributed by atoms with E-state index in [1.54, 1.807) is 13.2 Å². The van der Waals surface area contributed by atoms with Crippen LogP contribution in [0.5, 0.6) is 11.5 Å². The quantitative estimate of drug-likeness (QED) is 0.807. The average molecular weight is 251 g/mol. The Morgan fingerprint density at radius 3 is 2.61 bits per heavy atom. The Bertz CT molecular complexity index is 366. The van der Waals surface area contributed by atoms with Crippen molar-refractivity contribution in [3.8, 4) is 11.5 Å². The van der Waals surface area contributed by atoms with Crippen LogP contribution in [0.15, 0.2) is 18.2 Å². The van der Waals surface area contributed by atoms with Crippen molar-refractivity contribution in [2.45, 2.75) is 33.7 Å². The van der Waals surface area contributed by atoms with E-state index in [1.807, 2.05) is 12.1 Å². The molecule has 1 aromatic rings. The van der Waals surface area contributed by atoms with Gasteiger partial charge in [0.15, 0.2) is 11.5 Å². The Balaban J connectivity index is 2.69. The summed E-state index contributed by atoms with van der Waals surface area (Å²) < 4.78 is 5.13. The van der Waals surface area contributed by atoms with Gasteiger partial charge in [0.25, 0.3) is 0 Å². The number of nitrogens with zero attached hydrogens (tertiary/aromatic N) is 1. The highest BCUT2D eigenvalue weighted by Gasteiger charge is 2.09. The summed E-state index contributed by atoms with van der Waals surface area (Å²) in [7, 11) is 1.58. The molecule has 3 nitrogen and oxygen atoms in total. The highest BCUT2D eigenvalue weighted by molar-refractivity contribution is 5.41. The lowest BCUT2D eigenvalue weighted by Crippen LogP contribution is -2.27. The van der Waals surface area contributed by atoms with Crippen LogP contribution in [0.4, 0.5) is 0 Å². The van der Waals surface area contributed by atoms with Crippen LogP contribution >= 0.6 is 0 Å². The van der Waals surface area contributed by atoms with Gasteiger partial charge in [-0.3, -0.25) is 4.90 Å². The van der Waals surface area contributed by atoms with Gasteiger partial charge in [-0.15, -0.1) is 0 Å². The Kier molecular flexibility index (Phi) is 5.99. The molecule has 1 atom stereocenters. The number of ether oxygens (including phenoxy) is 1. The van der Waals surface area contributed by atoms with Crippen LogP contribution in [-0.2, 0) is 6.54 Å². The fraction of sp³-hybridized carbons (Fsp3) is 0.600. The van der Waals surface area contributed by atoms with Gasteiger partial charge in [-0.05, 0) is 30.2 Å². The van der Waals surface area contributed by atoms with E-state index < -0.39 is 0 Å². The lowest BCUT2D eigenvalue weighted by molar-refractivity contribution is 0.237. The Hall–Kier alpha value is -1.22. The van der Waals surface area contributed by atoms with Gasteiger partial charge in [-0.1, -0.05) is 33.3 Å². The zero-order valence-electron chi connectivity index (χ0n) is 11.9. The molecule has 0 amide bonds. The maximum atomic E-state index is 9.57. The fourth-order valence-corrected chi connectivity index (χ4v) is 1.95. The minimum atomic E-state index is 0.200. The topological polar surface area (TPSA) is 32.7 Å². The molecule has 0 fully saturated rings. The lowest BCUT2D eigenvalue weighted by atomic mass is 10.1. The number of phenols is 1. The Labute approximate surface area is 110 Å². The van der Waals surface area contributed by atoms with Crippen LogP contribution in [0.2, 0.25) is 0 Å². The minimum absolute atomic E-state index is 0.200. The van der Waals surface area contributed by atoms with E-state index in [-0.39, 0.29) is 5.75 Å². The van der Waals surface area contributed by atoms with E-state index in [1.165, 1.54) is 12.0 Å². The molecule has 0 saturated heterocycles. The molecule has 0 saturated carbocycles. The van der Waals surface area contributed by atoms with E-state index in [4.69, 9.17) is 4.74 Å². The SMILES string of the molecule is CCC(C)CN(CC)Cc1ccc(O)c(OC)c1. The van der Waals surface area contributed by atoms with Crippen LogP contribution in [0, 0.1) is 5.92 Å². The highest BCUT2D eigenvalue weighted by atomic mass is 16.5. The first-order valence-corrected chi connectivity index (χ1v) is 6.68. The van der Waals surface area contributed by atoms with E-state index in [0.717, 1.165) is 19.6 Å². The van der Waals surface area contributed by atoms with Crippen molar-refractivity contribution < 1.29 is 9.84 Å². The molecule has 1 rings (SSSR count). The van der Waals surface area contributed by atoms with Crippen molar-refractivity contribution in [2.75, 3.05) is 20.2 Å². The summed E-state index contributed by atoms with van der Waals surface area (Å²) in [5, 5.41) is 9.57. The number of phenolic OH excluding ortho intramolecular Hbond substituents is 1. The monoisotopic (exact) mass is 251 g/mol. The molecule has 18 heavy (non-hydrogen) atoms. The van der Waals surface area contributed by atoms with Crippen LogP contribution in [0.3, 0.4) is 0 Å². The first kappa shape index (κ1) is 14.8. The van der Waals surface area contributed by atoms with Crippen LogP contribution in [0.25, 0.3) is 0 Å². The molecule has 0 aliphatic rings. The normalized spacial score (nSPS) is 12.7. The number of hydrogen-bond acceptors (Lipinski definition) is 3. The predicted molar refractivity (Wildman–Crippen MR) is 75.1 cm³/mol. The molecular formula is C15H25NO2. The van der Waals surface area contributed by atoms with E-state index in [0.29, 0.717) is 11.7 Å². The lowest BCUT2D eigenvalue weighted by Gasteiger charge is -2.24. The summed E-state index contributed by atoms with van der Waals surface area (Å²) in [6.07, 6.45) is 1.20. The van der Waals surface area contributed by atoms with Crippen molar-refractivity contribution in [3.05, 3.63) is 23.8 Å². The molecule has 1 unspecified atom stereocenters. The van der Waals surface area contributed by atoms with Crippen molar-refractivity contribution in [3.63, 3.8) is 0 Å². The third-order valence-electron chi connectivity index (χ3n) is 3.36. The second-order valence-electron chi connectivity index (χ2n) is 4.85. The standard InChI is InChI=1S/C15H25NO2/c1-5-12(3)10-16(6-2)11-13-7-8-14(17)15(9-13)18-4/h7-9,12,17H,5-6,10-11H2,1-4H3. The number of aromatic hydroxyl groups is 1. The van der Waals surface area contributed by atoms with Crippen molar-refractivity contribution in [2.24, 2.45) is 5.92 Å². The van der Waals surface area contributed by atoms with Crippen LogP contribution in [0.1, 0.15) is 32.8 Å². The van der Waals surface area contributed by atoms with Crippen LogP contribution < -0.4 is 4.74 Å². The van der Waals surface area contributed by atoms with Gasteiger partial charge in [0.2, 0.25) is 0 Å². The third-order valence-corrected chi connectivity index (χ3v) is 3.36. The number of hydrogen-bond donors (Lipinski definition) is 1. The zero-order chi connectivity index (χ0) is 13.5. The number of benzene rings is 1.